The molecular weight excluding hydrogens is 202 g/mol. The summed E-state index contributed by atoms with van der Waals surface area (Å²) in [4.78, 5) is 21.8. The molecule has 6 nitrogen and oxygen atoms in total. The van der Waals surface area contributed by atoms with Gasteiger partial charge in [-0.15, -0.1) is 0 Å². The molecule has 0 aromatic heterocycles. The van der Waals surface area contributed by atoms with E-state index in [9.17, 15) is 14.7 Å². The van der Waals surface area contributed by atoms with E-state index in [1.807, 2.05) is 0 Å². The van der Waals surface area contributed by atoms with Crippen LogP contribution in [-0.2, 0) is 9.59 Å². The summed E-state index contributed by atoms with van der Waals surface area (Å²) in [5, 5.41) is 28.6. The molecule has 0 rings (SSSR count). The number of likely N-dealkylation sites (N-methyl/N-ethyl adjacent to an activating group) is 1. The minimum Gasteiger partial charge on any atom is -0.544 e. The van der Waals surface area contributed by atoms with Crippen LogP contribution in [0.25, 0.3) is 0 Å². The van der Waals surface area contributed by atoms with Gasteiger partial charge in [0.1, 0.15) is 12.4 Å². The van der Waals surface area contributed by atoms with Gasteiger partial charge in [-0.25, -0.2) is 0 Å². The van der Waals surface area contributed by atoms with E-state index in [2.05, 4.69) is 0 Å². The number of carboxylic acid groups (broad SMARTS) is 2. The minimum atomic E-state index is -1.60. The summed E-state index contributed by atoms with van der Waals surface area (Å²) < 4.78 is -0.109. The van der Waals surface area contributed by atoms with E-state index >= 15 is 0 Å². The van der Waals surface area contributed by atoms with Crippen LogP contribution in [0.15, 0.2) is 0 Å². The van der Waals surface area contributed by atoms with E-state index in [4.69, 9.17) is 10.2 Å². The third-order valence-corrected chi connectivity index (χ3v) is 2.63. The third kappa shape index (κ3) is 2.90. The predicted octanol–water partition coefficient (Wildman–Crippen LogP) is -1.96. The largest absolute Gasteiger partial charge is 0.544 e. The number of carboxylic acids is 2. The first-order chi connectivity index (χ1) is 6.67. The van der Waals surface area contributed by atoms with Crippen LogP contribution in [-0.4, -0.2) is 59.9 Å². The Morgan fingerprint density at radius 3 is 2.00 bits per heavy atom. The molecule has 1 unspecified atom stereocenters. The predicted molar refractivity (Wildman–Crippen MR) is 49.7 cm³/mol. The molecule has 0 heterocycles. The van der Waals surface area contributed by atoms with Crippen molar-refractivity contribution < 1.29 is 29.4 Å². The van der Waals surface area contributed by atoms with Gasteiger partial charge in [0.2, 0.25) is 0 Å². The lowest BCUT2D eigenvalue weighted by Crippen LogP contribution is -2.67. The maximum Gasteiger partial charge on any atom is 0.310 e. The van der Waals surface area contributed by atoms with Crippen molar-refractivity contribution in [3.8, 4) is 0 Å². The summed E-state index contributed by atoms with van der Waals surface area (Å²) in [6, 6.07) is 0. The van der Waals surface area contributed by atoms with E-state index in [1.54, 1.807) is 21.1 Å². The zero-order valence-corrected chi connectivity index (χ0v) is 9.19. The van der Waals surface area contributed by atoms with Crippen LogP contribution in [0.3, 0.4) is 0 Å². The van der Waals surface area contributed by atoms with Gasteiger partial charge in [0.05, 0.1) is 21.1 Å². The first-order valence-electron chi connectivity index (χ1n) is 4.53. The van der Waals surface area contributed by atoms with Gasteiger partial charge in [0.25, 0.3) is 0 Å². The van der Waals surface area contributed by atoms with Crippen molar-refractivity contribution in [3.05, 3.63) is 0 Å². The van der Waals surface area contributed by atoms with Gasteiger partial charge >= 0.3 is 5.97 Å². The Balaban J connectivity index is 5.27. The quantitative estimate of drug-likeness (QED) is 0.505. The Morgan fingerprint density at radius 1 is 1.33 bits per heavy atom. The number of aliphatic hydroxyl groups excluding tert-OH is 1. The van der Waals surface area contributed by atoms with Crippen LogP contribution < -0.4 is 5.11 Å². The Morgan fingerprint density at radius 2 is 1.80 bits per heavy atom. The molecule has 0 radical (unpaired) electrons. The zero-order chi connectivity index (χ0) is 12.3. The van der Waals surface area contributed by atoms with Gasteiger partial charge in [-0.3, -0.25) is 4.79 Å². The zero-order valence-electron chi connectivity index (χ0n) is 9.19. The molecule has 0 saturated carbocycles. The first-order valence-corrected chi connectivity index (χ1v) is 4.53. The van der Waals surface area contributed by atoms with Crippen LogP contribution >= 0.6 is 0 Å². The van der Waals surface area contributed by atoms with Gasteiger partial charge in [-0.05, 0) is 0 Å². The molecule has 0 bridgehead atoms. The Labute approximate surface area is 88.3 Å². The number of rotatable bonds is 6. The SMILES string of the molecule is C[N+](C)(C)C(CCO)(CC(=O)O)C(=O)[O-]. The summed E-state index contributed by atoms with van der Waals surface area (Å²) >= 11 is 0. The normalized spacial score (nSPS) is 15.7. The van der Waals surface area contributed by atoms with Crippen LogP contribution in [0.4, 0.5) is 0 Å². The van der Waals surface area contributed by atoms with Crippen molar-refractivity contribution in [1.29, 1.82) is 0 Å². The van der Waals surface area contributed by atoms with Crippen LogP contribution in [0, 0.1) is 0 Å². The van der Waals surface area contributed by atoms with E-state index in [0.29, 0.717) is 0 Å². The summed E-state index contributed by atoms with van der Waals surface area (Å²) in [5.41, 5.74) is -1.60. The Hall–Kier alpha value is -1.14. The molecule has 0 aliphatic carbocycles. The summed E-state index contributed by atoms with van der Waals surface area (Å²) in [6.07, 6.45) is -0.718. The van der Waals surface area contributed by atoms with Gasteiger partial charge in [0, 0.05) is 13.0 Å². The van der Waals surface area contributed by atoms with Gasteiger partial charge in [-0.2, -0.15) is 0 Å². The number of aliphatic hydroxyl groups is 1. The maximum atomic E-state index is 11.1. The Kier molecular flexibility index (Phi) is 4.24. The maximum absolute atomic E-state index is 11.1. The molecule has 6 heteroatoms. The lowest BCUT2D eigenvalue weighted by molar-refractivity contribution is -0.916. The smallest absolute Gasteiger partial charge is 0.310 e. The molecule has 0 spiro atoms. The van der Waals surface area contributed by atoms with Crippen molar-refractivity contribution in [3.63, 3.8) is 0 Å². The highest BCUT2D eigenvalue weighted by molar-refractivity contribution is 5.82. The second-order valence-electron chi connectivity index (χ2n) is 4.38. The van der Waals surface area contributed by atoms with Gasteiger partial charge in [0.15, 0.2) is 5.54 Å². The van der Waals surface area contributed by atoms with Gasteiger partial charge in [-0.1, -0.05) is 0 Å². The third-order valence-electron chi connectivity index (χ3n) is 2.63. The molecule has 0 saturated heterocycles. The molecule has 0 fully saturated rings. The topological polar surface area (TPSA) is 97.7 Å². The lowest BCUT2D eigenvalue weighted by Gasteiger charge is -2.45. The lowest BCUT2D eigenvalue weighted by atomic mass is 9.88. The fourth-order valence-corrected chi connectivity index (χ4v) is 1.54. The summed E-state index contributed by atoms with van der Waals surface area (Å²) in [7, 11) is 4.69. The van der Waals surface area contributed by atoms with Crippen LogP contribution in [0.1, 0.15) is 12.8 Å². The monoisotopic (exact) mass is 219 g/mol. The number of hydrogen-bond acceptors (Lipinski definition) is 4. The number of aliphatic carboxylic acids is 2. The fraction of sp³-hybridized carbons (Fsp3) is 0.778. The molecule has 2 N–H and O–H groups in total. The van der Waals surface area contributed by atoms with Crippen molar-refractivity contribution in [2.45, 2.75) is 18.4 Å². The second-order valence-corrected chi connectivity index (χ2v) is 4.38. The minimum absolute atomic E-state index is 0.109. The average molecular weight is 219 g/mol. The van der Waals surface area contributed by atoms with Crippen molar-refractivity contribution in [1.82, 2.24) is 0 Å². The molecular formula is C9H17NO5. The Bertz CT molecular complexity index is 258. The summed E-state index contributed by atoms with van der Waals surface area (Å²) in [6.45, 7) is -0.392. The fourth-order valence-electron chi connectivity index (χ4n) is 1.54. The standard InChI is InChI=1S/C9H17NO5/c1-10(2,3)9(4-5-11,8(14)15)6-7(12)13/h11H,4-6H2,1-3H3,(H-,12,13,14,15). The van der Waals surface area contributed by atoms with E-state index in [1.165, 1.54) is 0 Å². The van der Waals surface area contributed by atoms with Crippen molar-refractivity contribution in [2.24, 2.45) is 0 Å². The number of quaternary nitrogens is 1. The van der Waals surface area contributed by atoms with Crippen molar-refractivity contribution >= 4 is 11.9 Å². The molecule has 88 valence electrons. The molecule has 15 heavy (non-hydrogen) atoms. The van der Waals surface area contributed by atoms with E-state index in [0.717, 1.165) is 0 Å². The molecule has 0 aliphatic heterocycles. The molecule has 0 aliphatic rings. The molecule has 0 aromatic carbocycles. The second kappa shape index (κ2) is 4.59. The van der Waals surface area contributed by atoms with E-state index in [-0.39, 0.29) is 10.9 Å². The molecule has 0 aromatic rings. The van der Waals surface area contributed by atoms with Crippen LogP contribution in [0.2, 0.25) is 0 Å². The highest BCUT2D eigenvalue weighted by Gasteiger charge is 2.46. The number of carbonyl (C=O) groups excluding carboxylic acids is 1. The van der Waals surface area contributed by atoms with Gasteiger partial charge < -0.3 is 24.6 Å². The van der Waals surface area contributed by atoms with Crippen molar-refractivity contribution in [2.75, 3.05) is 27.7 Å². The van der Waals surface area contributed by atoms with Crippen LogP contribution in [0.5, 0.6) is 0 Å². The highest BCUT2D eigenvalue weighted by Crippen LogP contribution is 2.26. The number of hydrogen-bond donors (Lipinski definition) is 2. The summed E-state index contributed by atoms with van der Waals surface area (Å²) in [5.74, 6) is -2.67. The first kappa shape index (κ1) is 13.9. The number of carbonyl (C=O) groups is 2. The molecule has 0 amide bonds. The highest BCUT2D eigenvalue weighted by atomic mass is 16.4. The molecule has 1 atom stereocenters. The average Bonchev–Trinajstić information content (AvgIpc) is 1.99. The number of nitrogens with zero attached hydrogens (tertiary/aromatic N) is 1. The van der Waals surface area contributed by atoms with E-state index < -0.39 is 30.5 Å².